The van der Waals surface area contributed by atoms with Crippen LogP contribution in [0.5, 0.6) is 11.6 Å². The molecule has 0 saturated carbocycles. The van der Waals surface area contributed by atoms with Gasteiger partial charge in [-0.15, -0.1) is 0 Å². The van der Waals surface area contributed by atoms with Gasteiger partial charge in [0.2, 0.25) is 5.88 Å². The summed E-state index contributed by atoms with van der Waals surface area (Å²) in [6.45, 7) is 3.96. The fourth-order valence-corrected chi connectivity index (χ4v) is 2.17. The van der Waals surface area contributed by atoms with E-state index in [9.17, 15) is 0 Å². The SMILES string of the molecule is Cc1ccc(Oc2ncc(CBr)cc2C)c(Cl)c1. The number of rotatable bonds is 3. The number of aromatic nitrogens is 1. The summed E-state index contributed by atoms with van der Waals surface area (Å²) < 4.78 is 5.74. The van der Waals surface area contributed by atoms with E-state index in [1.807, 2.05) is 38.1 Å². The van der Waals surface area contributed by atoms with Crippen molar-refractivity contribution < 1.29 is 4.74 Å². The van der Waals surface area contributed by atoms with E-state index in [1.54, 1.807) is 6.20 Å². The third-order valence-electron chi connectivity index (χ3n) is 2.54. The number of hydrogen-bond donors (Lipinski definition) is 0. The topological polar surface area (TPSA) is 22.1 Å². The Hall–Kier alpha value is -1.06. The molecule has 2 aromatic rings. The molecular weight excluding hydrogens is 314 g/mol. The van der Waals surface area contributed by atoms with E-state index in [1.165, 1.54) is 0 Å². The molecule has 4 heteroatoms. The summed E-state index contributed by atoms with van der Waals surface area (Å²) in [4.78, 5) is 4.30. The number of ether oxygens (including phenoxy) is 1. The van der Waals surface area contributed by atoms with Crippen LogP contribution in [0, 0.1) is 13.8 Å². The molecule has 2 nitrogen and oxygen atoms in total. The van der Waals surface area contributed by atoms with E-state index in [-0.39, 0.29) is 0 Å². The highest BCUT2D eigenvalue weighted by Crippen LogP contribution is 2.30. The zero-order valence-electron chi connectivity index (χ0n) is 10.2. The molecule has 0 spiro atoms. The van der Waals surface area contributed by atoms with Gasteiger partial charge >= 0.3 is 0 Å². The van der Waals surface area contributed by atoms with Gasteiger partial charge in [-0.3, -0.25) is 0 Å². The Morgan fingerprint density at radius 3 is 2.67 bits per heavy atom. The third-order valence-corrected chi connectivity index (χ3v) is 3.48. The lowest BCUT2D eigenvalue weighted by Gasteiger charge is -2.10. The Labute approximate surface area is 120 Å². The fourth-order valence-electron chi connectivity index (χ4n) is 1.59. The molecule has 0 unspecified atom stereocenters. The lowest BCUT2D eigenvalue weighted by Crippen LogP contribution is -1.93. The highest BCUT2D eigenvalue weighted by atomic mass is 79.9. The van der Waals surface area contributed by atoms with E-state index >= 15 is 0 Å². The average Bonchev–Trinajstić information content (AvgIpc) is 2.34. The van der Waals surface area contributed by atoms with E-state index < -0.39 is 0 Å². The second-order valence-corrected chi connectivity index (χ2v) is 5.10. The third kappa shape index (κ3) is 3.03. The number of nitrogens with zero attached hydrogens (tertiary/aromatic N) is 1. The van der Waals surface area contributed by atoms with Crippen LogP contribution < -0.4 is 4.74 Å². The molecule has 0 N–H and O–H groups in total. The predicted molar refractivity (Wildman–Crippen MR) is 77.9 cm³/mol. The molecule has 0 amide bonds. The van der Waals surface area contributed by atoms with Gasteiger partial charge in [0, 0.05) is 17.1 Å². The van der Waals surface area contributed by atoms with Crippen LogP contribution in [-0.4, -0.2) is 4.98 Å². The standard InChI is InChI=1S/C14H13BrClNO/c1-9-3-4-13(12(16)5-9)18-14-10(2)6-11(7-15)8-17-14/h3-6,8H,7H2,1-2H3. The van der Waals surface area contributed by atoms with Crippen molar-refractivity contribution in [3.8, 4) is 11.6 Å². The second-order valence-electron chi connectivity index (χ2n) is 4.14. The summed E-state index contributed by atoms with van der Waals surface area (Å²) in [7, 11) is 0. The molecule has 0 bridgehead atoms. The zero-order valence-corrected chi connectivity index (χ0v) is 12.5. The summed E-state index contributed by atoms with van der Waals surface area (Å²) in [5, 5.41) is 1.38. The van der Waals surface area contributed by atoms with Gasteiger partial charge in [0.1, 0.15) is 5.75 Å². The van der Waals surface area contributed by atoms with Crippen molar-refractivity contribution in [1.29, 1.82) is 0 Å². The van der Waals surface area contributed by atoms with Gasteiger partial charge in [-0.05, 0) is 43.2 Å². The van der Waals surface area contributed by atoms with Crippen LogP contribution in [0.4, 0.5) is 0 Å². The first-order chi connectivity index (χ1) is 8.60. The molecule has 0 saturated heterocycles. The van der Waals surface area contributed by atoms with Crippen LogP contribution in [0.1, 0.15) is 16.7 Å². The van der Waals surface area contributed by atoms with Crippen molar-refractivity contribution in [2.45, 2.75) is 19.2 Å². The van der Waals surface area contributed by atoms with E-state index in [2.05, 4.69) is 20.9 Å². The summed E-state index contributed by atoms with van der Waals surface area (Å²) in [5.74, 6) is 1.22. The van der Waals surface area contributed by atoms with Crippen molar-refractivity contribution in [3.63, 3.8) is 0 Å². The molecule has 94 valence electrons. The second kappa shape index (κ2) is 5.72. The van der Waals surface area contributed by atoms with Crippen LogP contribution >= 0.6 is 27.5 Å². The molecule has 1 heterocycles. The molecule has 1 aromatic carbocycles. The molecule has 0 fully saturated rings. The molecule has 1 aromatic heterocycles. The van der Waals surface area contributed by atoms with E-state index in [0.717, 1.165) is 22.0 Å². The molecule has 0 aliphatic heterocycles. The van der Waals surface area contributed by atoms with Gasteiger partial charge in [-0.2, -0.15) is 0 Å². The van der Waals surface area contributed by atoms with Crippen LogP contribution in [0.15, 0.2) is 30.5 Å². The molecule has 0 aliphatic rings. The number of aryl methyl sites for hydroxylation is 2. The summed E-state index contributed by atoms with van der Waals surface area (Å²) >= 11 is 9.53. The van der Waals surface area contributed by atoms with Crippen LogP contribution in [0.3, 0.4) is 0 Å². The summed E-state index contributed by atoms with van der Waals surface area (Å²) in [5.41, 5.74) is 3.21. The van der Waals surface area contributed by atoms with Crippen molar-refractivity contribution in [2.24, 2.45) is 0 Å². The zero-order chi connectivity index (χ0) is 13.1. The van der Waals surface area contributed by atoms with Gasteiger partial charge in [0.25, 0.3) is 0 Å². The highest BCUT2D eigenvalue weighted by Gasteiger charge is 2.07. The number of alkyl halides is 1. The normalized spacial score (nSPS) is 10.4. The number of pyridine rings is 1. The number of hydrogen-bond acceptors (Lipinski definition) is 2. The number of halogens is 2. The average molecular weight is 327 g/mol. The fraction of sp³-hybridized carbons (Fsp3) is 0.214. The van der Waals surface area contributed by atoms with Gasteiger partial charge < -0.3 is 4.74 Å². The summed E-state index contributed by atoms with van der Waals surface area (Å²) in [6.07, 6.45) is 1.79. The molecule has 0 radical (unpaired) electrons. The molecule has 2 rings (SSSR count). The Morgan fingerprint density at radius 2 is 2.06 bits per heavy atom. The monoisotopic (exact) mass is 325 g/mol. The Morgan fingerprint density at radius 1 is 1.28 bits per heavy atom. The molecular formula is C14H13BrClNO. The van der Waals surface area contributed by atoms with Gasteiger partial charge in [0.05, 0.1) is 5.02 Å². The van der Waals surface area contributed by atoms with Gasteiger partial charge in [-0.1, -0.05) is 33.6 Å². The highest BCUT2D eigenvalue weighted by molar-refractivity contribution is 9.08. The molecule has 0 aliphatic carbocycles. The largest absolute Gasteiger partial charge is 0.437 e. The molecule has 0 atom stereocenters. The van der Waals surface area contributed by atoms with Crippen molar-refractivity contribution >= 4 is 27.5 Å². The smallest absolute Gasteiger partial charge is 0.222 e. The Kier molecular flexibility index (Phi) is 4.25. The Balaban J connectivity index is 2.28. The molecule has 18 heavy (non-hydrogen) atoms. The van der Waals surface area contributed by atoms with Crippen LogP contribution in [0.2, 0.25) is 5.02 Å². The van der Waals surface area contributed by atoms with Crippen molar-refractivity contribution in [1.82, 2.24) is 4.98 Å². The maximum Gasteiger partial charge on any atom is 0.222 e. The van der Waals surface area contributed by atoms with Crippen molar-refractivity contribution in [2.75, 3.05) is 0 Å². The van der Waals surface area contributed by atoms with Crippen LogP contribution in [0.25, 0.3) is 0 Å². The first-order valence-corrected chi connectivity index (χ1v) is 7.05. The van der Waals surface area contributed by atoms with Crippen molar-refractivity contribution in [3.05, 3.63) is 52.2 Å². The lowest BCUT2D eigenvalue weighted by atomic mass is 10.2. The first kappa shape index (κ1) is 13.4. The van der Waals surface area contributed by atoms with E-state index in [4.69, 9.17) is 16.3 Å². The van der Waals surface area contributed by atoms with Crippen LogP contribution in [-0.2, 0) is 5.33 Å². The minimum Gasteiger partial charge on any atom is -0.437 e. The maximum atomic E-state index is 6.13. The lowest BCUT2D eigenvalue weighted by molar-refractivity contribution is 0.459. The van der Waals surface area contributed by atoms with E-state index in [0.29, 0.717) is 16.7 Å². The first-order valence-electron chi connectivity index (χ1n) is 5.55. The van der Waals surface area contributed by atoms with Gasteiger partial charge in [0.15, 0.2) is 0 Å². The minimum absolute atomic E-state index is 0.588. The summed E-state index contributed by atoms with van der Waals surface area (Å²) in [6, 6.07) is 7.73. The maximum absolute atomic E-state index is 6.13. The van der Waals surface area contributed by atoms with Gasteiger partial charge in [-0.25, -0.2) is 4.98 Å². The number of benzene rings is 1. The minimum atomic E-state index is 0.588. The Bertz CT molecular complexity index is 572. The quantitative estimate of drug-likeness (QED) is 0.737. The predicted octanol–water partition coefficient (Wildman–Crippen LogP) is 5.04.